The van der Waals surface area contributed by atoms with Crippen LogP contribution in [0.15, 0.2) is 39.4 Å². The molecular weight excluding hydrogens is 1820 g/mol. The van der Waals surface area contributed by atoms with Crippen molar-refractivity contribution >= 4 is 176 Å². The molecule has 738 valence electrons. The number of nitrogens with one attached hydrogen (secondary N) is 11. The number of amides is 13. The second kappa shape index (κ2) is 70.6. The summed E-state index contributed by atoms with van der Waals surface area (Å²) in [5, 5.41) is 28.0. The average molecular weight is 1940 g/mol. The Balaban J connectivity index is 0.000000876. The van der Waals surface area contributed by atoms with E-state index in [2.05, 4.69) is 79.9 Å². The third-order valence-corrected chi connectivity index (χ3v) is 21.7. The van der Waals surface area contributed by atoms with Gasteiger partial charge in [0.25, 0.3) is 11.8 Å². The lowest BCUT2D eigenvalue weighted by Gasteiger charge is -2.19. The van der Waals surface area contributed by atoms with Gasteiger partial charge in [-0.2, -0.15) is 24.4 Å². The molecule has 3 heterocycles. The van der Waals surface area contributed by atoms with Crippen LogP contribution < -0.4 is 81.6 Å². The van der Waals surface area contributed by atoms with Crippen LogP contribution >= 0.6 is 47.9 Å². The Hall–Kier alpha value is -11.2. The van der Waals surface area contributed by atoms with Gasteiger partial charge in [-0.05, 0) is 102 Å². The molecule has 1 saturated carbocycles. The highest BCUT2D eigenvalue weighted by Crippen LogP contribution is 2.26. The van der Waals surface area contributed by atoms with Crippen LogP contribution in [-0.2, 0) is 133 Å². The highest BCUT2D eigenvalue weighted by molar-refractivity contribution is 8.13. The lowest BCUT2D eigenvalue weighted by molar-refractivity contribution is -0.197. The molecule has 49 heteroatoms. The molecule has 0 bridgehead atoms. The van der Waals surface area contributed by atoms with Crippen molar-refractivity contribution < 1.29 is 137 Å². The number of esters is 2. The van der Waals surface area contributed by atoms with Gasteiger partial charge < -0.3 is 102 Å². The Morgan fingerprint density at radius 2 is 0.780 bits per heavy atom. The second-order valence-corrected chi connectivity index (χ2v) is 33.6. The molecule has 2 aromatic rings. The van der Waals surface area contributed by atoms with E-state index in [1.54, 1.807) is 0 Å². The molecule has 5 rings (SSSR count). The molecular formula is C83H126N14O31S4. The molecule has 132 heavy (non-hydrogen) atoms. The molecule has 0 radical (unpaired) electrons. The summed E-state index contributed by atoms with van der Waals surface area (Å²) in [5.74, 6) is -6.56. The number of hydroxylamine groups is 2. The van der Waals surface area contributed by atoms with Crippen molar-refractivity contribution in [1.29, 1.82) is 0 Å². The van der Waals surface area contributed by atoms with E-state index in [0.717, 1.165) is 62.9 Å². The number of hydrogen-bond acceptors (Lipinski definition) is 37. The number of imide groups is 1. The SMILES string of the molecule is CC(=O)SCCCCCC(=O)N[C@@H](CC(=O)ON1C(=O)CCC1=O)C(=O)NCCCC(=O)OCc1oc(=O)oc1C.CNC(=O)C[C@H](NC(=O)CCCCCS)C(=O)NCCN.CNC(=O)C[C@H](NC(=O)CCCCCSC(C)=O)C(=O)NCCCC(=O)OCc1oc(=O)oc1C.CNC(=O)C[C@H](NC(=O)CCCCCSC1CC(=O)CC1=O)C(=O)NCCN.O=C1C=CC(=O)C1. The maximum absolute atomic E-state index is 12.8. The number of ether oxygens (including phenoxy) is 2. The standard InChI is InChI=1S/C25H33N3O12S.C22H33N3O9S.C18H30N4O5S.C13H26N4O3S.C5H4O2/c1-15-18(39-25(36)38-15)14-37-22(33)8-6-11-26-24(35)17(13-23(34)40-28-20(31)9-10-21(28)32)27-19(30)7-4-3-5-12-41-16(2)29;1-14-17(34-22(31)33-14)13-32-20(29)9-7-10-24-21(30)16(12-19(28)23-3)25-18(27)8-5-4-6-11-35-15(2)26;1-20-17(26)11-13(18(27)21-7-6-19)22-16(25)5-3-2-4-8-28-15-10-12(23)9-14(15)24;1-15-12(19)9-10(13(20)16-7-6-14)17-11(18)5-3-2-4-8-21;6-4-1-2-5(7)3-4/h17H,3-14H2,1-2H3,(H,26,35)(H,27,30);16H,4-13H2,1-3H3,(H,23,28)(H,24,30)(H,25,27);13,15H,2-11,19H2,1H3,(H,20,26)(H,21,27)(H,22,25);10,21H,2-9,14H2,1H3,(H,15,19)(H,16,20)(H,17,18);1-2H,3H2/t17-;16-;13-,15?;10-;/m0000./s1. The highest BCUT2D eigenvalue weighted by atomic mass is 32.2. The van der Waals surface area contributed by atoms with Crippen LogP contribution in [0.4, 0.5) is 0 Å². The second-order valence-electron chi connectivity index (χ2n) is 29.3. The first-order valence-electron chi connectivity index (χ1n) is 42.9. The summed E-state index contributed by atoms with van der Waals surface area (Å²) >= 11 is 8.05. The Bertz CT molecular complexity index is 4290. The number of aryl methyl sites for hydroxylation is 2. The first-order chi connectivity index (χ1) is 62.8. The number of allylic oxidation sites excluding steroid dienone is 2. The van der Waals surface area contributed by atoms with Crippen LogP contribution in [0.25, 0.3) is 0 Å². The number of carbonyl (C=O) groups is 22. The Labute approximate surface area is 780 Å². The predicted octanol–water partition coefficient (Wildman–Crippen LogP) is 0.278. The van der Waals surface area contributed by atoms with Gasteiger partial charge in [0.2, 0.25) is 65.0 Å². The van der Waals surface area contributed by atoms with Crippen LogP contribution in [0.1, 0.15) is 223 Å². The van der Waals surface area contributed by atoms with Gasteiger partial charge in [-0.3, -0.25) is 101 Å². The summed E-state index contributed by atoms with van der Waals surface area (Å²) in [6.07, 6.45) is 11.9. The number of rotatable bonds is 57. The maximum atomic E-state index is 12.8. The van der Waals surface area contributed by atoms with Crippen molar-refractivity contribution in [1.82, 2.24) is 63.5 Å². The van der Waals surface area contributed by atoms with Gasteiger partial charge in [-0.25, -0.2) is 14.4 Å². The molecule has 15 N–H and O–H groups in total. The largest absolute Gasteiger partial charge is 0.519 e. The van der Waals surface area contributed by atoms with E-state index < -0.39 is 107 Å². The van der Waals surface area contributed by atoms with E-state index in [-0.39, 0.29) is 220 Å². The summed E-state index contributed by atoms with van der Waals surface area (Å²) < 4.78 is 28.8. The summed E-state index contributed by atoms with van der Waals surface area (Å²) in [6, 6.07) is -4.21. The normalized spacial score (nSPS) is 13.7. The van der Waals surface area contributed by atoms with E-state index in [4.69, 9.17) is 34.6 Å². The summed E-state index contributed by atoms with van der Waals surface area (Å²) in [7, 11) is 4.38. The topological polar surface area (TPSA) is 678 Å². The smallest absolute Gasteiger partial charge is 0.457 e. The van der Waals surface area contributed by atoms with Gasteiger partial charge in [0.15, 0.2) is 63.8 Å². The summed E-state index contributed by atoms with van der Waals surface area (Å²) in [5.41, 5.74) is 10.7. The molecule has 45 nitrogen and oxygen atoms in total. The zero-order valence-corrected chi connectivity index (χ0v) is 78.8. The van der Waals surface area contributed by atoms with Crippen LogP contribution in [-0.4, -0.2) is 246 Å². The van der Waals surface area contributed by atoms with Gasteiger partial charge in [0, 0.05) is 144 Å². The fraction of sp³-hybridized carbons (Fsp3) is 0.639. The first kappa shape index (κ1) is 119. The van der Waals surface area contributed by atoms with Crippen LogP contribution in [0.5, 0.6) is 0 Å². The number of carbonyl (C=O) groups excluding carboxylic acids is 22. The third-order valence-electron chi connectivity index (χ3n) is 18.3. The Morgan fingerprint density at radius 1 is 0.432 bits per heavy atom. The van der Waals surface area contributed by atoms with Crippen molar-refractivity contribution in [3.05, 3.63) is 56.4 Å². The zero-order chi connectivity index (χ0) is 98.9. The third kappa shape index (κ3) is 57.2. The molecule has 1 unspecified atom stereocenters. The molecule has 5 atom stereocenters. The number of Topliss-reactive ketones (excluding diaryl/α,β-unsaturated/α-hetero) is 2. The zero-order valence-electron chi connectivity index (χ0n) is 75.5. The van der Waals surface area contributed by atoms with E-state index in [1.165, 1.54) is 96.3 Å². The van der Waals surface area contributed by atoms with Gasteiger partial charge in [-0.15, -0.1) is 5.06 Å². The number of nitrogens with two attached hydrogens (primary N) is 2. The summed E-state index contributed by atoms with van der Waals surface area (Å²) in [6.45, 7) is 6.70. The van der Waals surface area contributed by atoms with E-state index >= 15 is 0 Å². The van der Waals surface area contributed by atoms with E-state index in [9.17, 15) is 115 Å². The number of thioether (sulfide) groups is 3. The van der Waals surface area contributed by atoms with E-state index in [1.807, 2.05) is 0 Å². The quantitative estimate of drug-likeness (QED) is 0.0139. The fourth-order valence-corrected chi connectivity index (χ4v) is 13.9. The van der Waals surface area contributed by atoms with Crippen LogP contribution in [0.3, 0.4) is 0 Å². The van der Waals surface area contributed by atoms with Gasteiger partial charge in [0.1, 0.15) is 30.0 Å². The lowest BCUT2D eigenvalue weighted by atomic mass is 10.1. The van der Waals surface area contributed by atoms with Crippen molar-refractivity contribution in [3.8, 4) is 0 Å². The minimum absolute atomic E-state index is 0.00417. The van der Waals surface area contributed by atoms with Gasteiger partial charge in [0.05, 0.1) is 43.8 Å². The first-order valence-corrected chi connectivity index (χ1v) is 46.6. The molecule has 2 aromatic heterocycles. The molecule has 13 amide bonds. The molecule has 2 aliphatic carbocycles. The minimum atomic E-state index is -1.37. The molecule has 0 aromatic carbocycles. The number of thiol groups is 1. The summed E-state index contributed by atoms with van der Waals surface area (Å²) in [4.78, 5) is 284. The monoisotopic (exact) mass is 1940 g/mol. The Kier molecular flexibility index (Phi) is 63.5. The van der Waals surface area contributed by atoms with Crippen LogP contribution in [0, 0.1) is 13.8 Å². The number of ketones is 4. The number of nitrogens with zero attached hydrogens (tertiary/aromatic N) is 1. The van der Waals surface area contributed by atoms with Crippen LogP contribution in [0.2, 0.25) is 0 Å². The molecule has 0 spiro atoms. The average Bonchev–Trinajstić information content (AvgIpc) is 1.71. The fourth-order valence-electron chi connectivity index (χ4n) is 11.2. The highest BCUT2D eigenvalue weighted by Gasteiger charge is 2.36. The number of unbranched alkanes of at least 4 members (excludes halogenated alkanes) is 8. The van der Waals surface area contributed by atoms with Crippen molar-refractivity contribution in [3.63, 3.8) is 0 Å². The number of hydrogen-bond donors (Lipinski definition) is 14. The van der Waals surface area contributed by atoms with Crippen molar-refractivity contribution in [2.75, 3.05) is 83.4 Å². The maximum Gasteiger partial charge on any atom is 0.519 e. The van der Waals surface area contributed by atoms with Gasteiger partial charge >= 0.3 is 29.6 Å². The molecule has 3 aliphatic rings. The van der Waals surface area contributed by atoms with E-state index in [0.29, 0.717) is 68.2 Å². The molecule has 1 aliphatic heterocycles. The lowest BCUT2D eigenvalue weighted by Crippen LogP contribution is -2.49. The molecule has 2 fully saturated rings. The van der Waals surface area contributed by atoms with Crippen molar-refractivity contribution in [2.45, 2.75) is 257 Å². The minimum Gasteiger partial charge on any atom is -0.457 e. The van der Waals surface area contributed by atoms with Gasteiger partial charge in [-0.1, -0.05) is 49.2 Å². The molecule has 1 saturated heterocycles. The van der Waals surface area contributed by atoms with Crippen molar-refractivity contribution in [2.24, 2.45) is 11.5 Å². The Morgan fingerprint density at radius 3 is 1.08 bits per heavy atom. The predicted molar refractivity (Wildman–Crippen MR) is 481 cm³/mol.